The Hall–Kier alpha value is -2.65. The molecule has 0 aliphatic carbocycles. The van der Waals surface area contributed by atoms with Crippen LogP contribution in [0.15, 0.2) is 24.4 Å². The van der Waals surface area contributed by atoms with Crippen LogP contribution in [0.4, 0.5) is 10.1 Å². The van der Waals surface area contributed by atoms with Gasteiger partial charge in [-0.25, -0.2) is 4.39 Å². The number of carbonyl (C=O) groups excluding carboxylic acids is 1. The first-order chi connectivity index (χ1) is 10.0. The van der Waals surface area contributed by atoms with Gasteiger partial charge in [0.25, 0.3) is 5.91 Å². The van der Waals surface area contributed by atoms with Crippen LogP contribution >= 0.6 is 0 Å². The Morgan fingerprint density at radius 1 is 1.52 bits per heavy atom. The first kappa shape index (κ1) is 14.8. The molecule has 21 heavy (non-hydrogen) atoms. The Morgan fingerprint density at radius 3 is 2.86 bits per heavy atom. The van der Waals surface area contributed by atoms with E-state index < -0.39 is 11.7 Å². The summed E-state index contributed by atoms with van der Waals surface area (Å²) in [5, 5.41) is 6.74. The summed E-state index contributed by atoms with van der Waals surface area (Å²) in [4.78, 5) is 12.1. The predicted octanol–water partition coefficient (Wildman–Crippen LogP) is 1.43. The molecule has 6 heteroatoms. The van der Waals surface area contributed by atoms with Crippen LogP contribution < -0.4 is 11.1 Å². The topological polar surface area (TPSA) is 72.9 Å². The highest BCUT2D eigenvalue weighted by Gasteiger charge is 2.14. The fourth-order valence-corrected chi connectivity index (χ4v) is 1.84. The van der Waals surface area contributed by atoms with Crippen molar-refractivity contribution in [3.05, 3.63) is 47.0 Å². The smallest absolute Gasteiger partial charge is 0.258 e. The maximum Gasteiger partial charge on any atom is 0.258 e. The summed E-state index contributed by atoms with van der Waals surface area (Å²) in [7, 11) is 1.74. The number of nitrogens with one attached hydrogen (secondary N) is 1. The van der Waals surface area contributed by atoms with Gasteiger partial charge in [0.2, 0.25) is 0 Å². The van der Waals surface area contributed by atoms with Crippen molar-refractivity contribution >= 4 is 11.6 Å². The van der Waals surface area contributed by atoms with Crippen LogP contribution in [0.2, 0.25) is 0 Å². The van der Waals surface area contributed by atoms with Crippen molar-refractivity contribution in [2.45, 2.75) is 6.92 Å². The maximum atomic E-state index is 14.0. The Kier molecular flexibility index (Phi) is 4.36. The quantitative estimate of drug-likeness (QED) is 0.820. The van der Waals surface area contributed by atoms with E-state index in [-0.39, 0.29) is 12.1 Å². The molecule has 2 rings (SSSR count). The Balaban J connectivity index is 2.21. The molecule has 1 aromatic heterocycles. The molecule has 0 bridgehead atoms. The Bertz CT molecular complexity index is 740. The SMILES string of the molecule is Cc1nn(C)cc1NC(=O)c1ccc(C#CCN)cc1F. The molecule has 1 aromatic carbocycles. The van der Waals surface area contributed by atoms with E-state index in [1.54, 1.807) is 30.9 Å². The summed E-state index contributed by atoms with van der Waals surface area (Å²) in [6, 6.07) is 4.20. The third-order valence-corrected chi connectivity index (χ3v) is 2.81. The lowest BCUT2D eigenvalue weighted by molar-refractivity contribution is 0.102. The minimum absolute atomic E-state index is 0.0449. The lowest BCUT2D eigenvalue weighted by Gasteiger charge is -2.05. The number of carbonyl (C=O) groups is 1. The van der Waals surface area contributed by atoms with E-state index in [4.69, 9.17) is 5.73 Å². The molecule has 0 atom stereocenters. The number of hydrogen-bond donors (Lipinski definition) is 2. The molecule has 0 saturated carbocycles. The van der Waals surface area contributed by atoms with Gasteiger partial charge in [0.05, 0.1) is 23.5 Å². The van der Waals surface area contributed by atoms with Crippen LogP contribution in [0.25, 0.3) is 0 Å². The second-order valence-electron chi connectivity index (χ2n) is 4.46. The monoisotopic (exact) mass is 286 g/mol. The lowest BCUT2D eigenvalue weighted by Crippen LogP contribution is -2.14. The number of nitrogens with zero attached hydrogens (tertiary/aromatic N) is 2. The van der Waals surface area contributed by atoms with Crippen LogP contribution in [-0.4, -0.2) is 22.2 Å². The third-order valence-electron chi connectivity index (χ3n) is 2.81. The van der Waals surface area contributed by atoms with Crippen molar-refractivity contribution < 1.29 is 9.18 Å². The van der Waals surface area contributed by atoms with Crippen molar-refractivity contribution in [2.75, 3.05) is 11.9 Å². The van der Waals surface area contributed by atoms with Gasteiger partial charge < -0.3 is 11.1 Å². The van der Waals surface area contributed by atoms with Gasteiger partial charge in [0, 0.05) is 18.8 Å². The lowest BCUT2D eigenvalue weighted by atomic mass is 10.1. The van der Waals surface area contributed by atoms with E-state index in [0.717, 1.165) is 0 Å². The summed E-state index contributed by atoms with van der Waals surface area (Å²) in [5.74, 6) is 4.19. The Labute approximate surface area is 122 Å². The van der Waals surface area contributed by atoms with Gasteiger partial charge in [0.15, 0.2) is 0 Å². The van der Waals surface area contributed by atoms with Crippen LogP contribution in [0.5, 0.6) is 0 Å². The Morgan fingerprint density at radius 2 is 2.29 bits per heavy atom. The summed E-state index contributed by atoms with van der Waals surface area (Å²) in [5.41, 5.74) is 6.90. The summed E-state index contributed by atoms with van der Waals surface area (Å²) >= 11 is 0. The maximum absolute atomic E-state index is 14.0. The van der Waals surface area contributed by atoms with Crippen molar-refractivity contribution in [1.29, 1.82) is 0 Å². The minimum Gasteiger partial charge on any atom is -0.320 e. The van der Waals surface area contributed by atoms with Crippen LogP contribution in [-0.2, 0) is 7.05 Å². The molecule has 0 spiro atoms. The summed E-state index contributed by atoms with van der Waals surface area (Å²) in [6.45, 7) is 1.96. The van der Waals surface area contributed by atoms with Crippen LogP contribution in [0.1, 0.15) is 21.6 Å². The first-order valence-electron chi connectivity index (χ1n) is 6.31. The number of aryl methyl sites for hydroxylation is 2. The highest BCUT2D eigenvalue weighted by molar-refractivity contribution is 6.04. The third kappa shape index (κ3) is 3.46. The van der Waals surface area contributed by atoms with E-state index in [2.05, 4.69) is 22.3 Å². The fraction of sp³-hybridized carbons (Fsp3) is 0.200. The van der Waals surface area contributed by atoms with Gasteiger partial charge >= 0.3 is 0 Å². The number of benzene rings is 1. The predicted molar refractivity (Wildman–Crippen MR) is 78.2 cm³/mol. The molecule has 5 nitrogen and oxygen atoms in total. The molecular weight excluding hydrogens is 271 g/mol. The summed E-state index contributed by atoms with van der Waals surface area (Å²) in [6.07, 6.45) is 1.66. The zero-order chi connectivity index (χ0) is 15.4. The van der Waals surface area contributed by atoms with E-state index in [1.165, 1.54) is 12.1 Å². The summed E-state index contributed by atoms with van der Waals surface area (Å²) < 4.78 is 15.5. The number of anilines is 1. The second kappa shape index (κ2) is 6.20. The van der Waals surface area contributed by atoms with Crippen LogP contribution in [0, 0.1) is 24.6 Å². The molecular formula is C15H15FN4O. The highest BCUT2D eigenvalue weighted by atomic mass is 19.1. The number of halogens is 1. The normalized spacial score (nSPS) is 9.90. The molecule has 1 heterocycles. The van der Waals surface area contributed by atoms with Gasteiger partial charge in [-0.15, -0.1) is 0 Å². The largest absolute Gasteiger partial charge is 0.320 e. The first-order valence-corrected chi connectivity index (χ1v) is 6.31. The van der Waals surface area contributed by atoms with Gasteiger partial charge in [-0.05, 0) is 25.1 Å². The fourth-order valence-electron chi connectivity index (χ4n) is 1.84. The average Bonchev–Trinajstić information content (AvgIpc) is 2.74. The standard InChI is InChI=1S/C15H15FN4O/c1-10-14(9-20(2)19-10)18-15(21)12-6-5-11(4-3-7-17)8-13(12)16/h5-6,8-9H,7,17H2,1-2H3,(H,18,21). The molecule has 3 N–H and O–H groups in total. The zero-order valence-corrected chi connectivity index (χ0v) is 11.8. The highest BCUT2D eigenvalue weighted by Crippen LogP contribution is 2.15. The zero-order valence-electron chi connectivity index (χ0n) is 11.8. The number of rotatable bonds is 2. The number of nitrogens with two attached hydrogens (primary N) is 1. The molecule has 0 fully saturated rings. The van der Waals surface area contributed by atoms with E-state index in [1.807, 2.05) is 0 Å². The molecule has 1 amide bonds. The number of amides is 1. The van der Waals surface area contributed by atoms with E-state index in [0.29, 0.717) is 16.9 Å². The second-order valence-corrected chi connectivity index (χ2v) is 4.46. The van der Waals surface area contributed by atoms with E-state index in [9.17, 15) is 9.18 Å². The van der Waals surface area contributed by atoms with Gasteiger partial charge in [0.1, 0.15) is 5.82 Å². The van der Waals surface area contributed by atoms with Gasteiger partial charge in [-0.1, -0.05) is 11.8 Å². The average molecular weight is 286 g/mol. The van der Waals surface area contributed by atoms with E-state index >= 15 is 0 Å². The minimum atomic E-state index is -0.627. The molecule has 0 aliphatic rings. The molecule has 0 aliphatic heterocycles. The number of aromatic nitrogens is 2. The van der Waals surface area contributed by atoms with Crippen LogP contribution in [0.3, 0.4) is 0 Å². The van der Waals surface area contributed by atoms with Crippen molar-refractivity contribution in [1.82, 2.24) is 9.78 Å². The molecule has 0 radical (unpaired) electrons. The molecule has 108 valence electrons. The molecule has 2 aromatic rings. The van der Waals surface area contributed by atoms with Crippen molar-refractivity contribution in [2.24, 2.45) is 12.8 Å². The van der Waals surface area contributed by atoms with Gasteiger partial charge in [-0.2, -0.15) is 5.10 Å². The van der Waals surface area contributed by atoms with Crippen molar-refractivity contribution in [3.63, 3.8) is 0 Å². The number of hydrogen-bond acceptors (Lipinski definition) is 3. The molecule has 0 unspecified atom stereocenters. The van der Waals surface area contributed by atoms with Gasteiger partial charge in [-0.3, -0.25) is 9.48 Å². The van der Waals surface area contributed by atoms with Crippen molar-refractivity contribution in [3.8, 4) is 11.8 Å². The molecule has 0 saturated heterocycles.